The molecule has 4 aliphatic rings. The number of nitrogens with one attached hydrogen (secondary N) is 2. The van der Waals surface area contributed by atoms with E-state index in [4.69, 9.17) is 0 Å². The van der Waals surface area contributed by atoms with Crippen LogP contribution in [0.2, 0.25) is 0 Å². The lowest BCUT2D eigenvalue weighted by Crippen LogP contribution is -2.51. The zero-order valence-electron chi connectivity index (χ0n) is 27.2. The van der Waals surface area contributed by atoms with Crippen molar-refractivity contribution in [3.05, 3.63) is 94.3 Å². The van der Waals surface area contributed by atoms with Gasteiger partial charge in [-0.3, -0.25) is 38.6 Å². The van der Waals surface area contributed by atoms with E-state index in [1.165, 1.54) is 0 Å². The third-order valence-electron chi connectivity index (χ3n) is 8.81. The van der Waals surface area contributed by atoms with Crippen LogP contribution in [0.5, 0.6) is 0 Å². The molecule has 10 nitrogen and oxygen atoms in total. The minimum atomic E-state index is -0.763. The molecule has 2 atom stereocenters. The van der Waals surface area contributed by atoms with Crippen LogP contribution >= 0.6 is 0 Å². The maximum absolute atomic E-state index is 12.9. The van der Waals surface area contributed by atoms with Gasteiger partial charge in [-0.25, -0.2) is 0 Å². The molecule has 0 spiro atoms. The average Bonchev–Trinajstić information content (AvgIpc) is 3.37. The van der Waals surface area contributed by atoms with Crippen LogP contribution in [0, 0.1) is 0 Å². The highest BCUT2D eigenvalue weighted by Crippen LogP contribution is 2.36. The number of imide groups is 2. The fraction of sp³-hybridized carbons (Fsp3) is 0.389. The Bertz CT molecular complexity index is 1740. The minimum absolute atomic E-state index is 0.119. The van der Waals surface area contributed by atoms with Crippen molar-refractivity contribution < 1.29 is 28.8 Å². The molecule has 6 amide bonds. The van der Waals surface area contributed by atoms with E-state index in [9.17, 15) is 28.8 Å². The number of amides is 6. The molecule has 2 N–H and O–H groups in total. The molecule has 46 heavy (non-hydrogen) atoms. The van der Waals surface area contributed by atoms with Gasteiger partial charge in [-0.2, -0.15) is 0 Å². The van der Waals surface area contributed by atoms with E-state index in [1.54, 1.807) is 24.3 Å². The van der Waals surface area contributed by atoms with E-state index in [1.807, 2.05) is 53.7 Å². The molecule has 0 aliphatic carbocycles. The SMILES string of the molecule is C=C1CCC(N2C(=O)c3ccc(C(C)(C)C)cc3C2=O)C(=O)N1.C=C1CCC(N2C(=O)c3cccc(C(C)(C)C)c3C2=O)C(=O)N1. The third-order valence-corrected chi connectivity index (χ3v) is 8.81. The summed E-state index contributed by atoms with van der Waals surface area (Å²) >= 11 is 0. The molecule has 0 saturated carbocycles. The fourth-order valence-electron chi connectivity index (χ4n) is 6.24. The number of hydrogen-bond acceptors (Lipinski definition) is 6. The second-order valence-electron chi connectivity index (χ2n) is 14.2. The van der Waals surface area contributed by atoms with Crippen molar-refractivity contribution in [1.82, 2.24) is 20.4 Å². The van der Waals surface area contributed by atoms with Gasteiger partial charge in [0.2, 0.25) is 11.8 Å². The molecule has 0 radical (unpaired) electrons. The Morgan fingerprint density at radius 3 is 1.63 bits per heavy atom. The summed E-state index contributed by atoms with van der Waals surface area (Å²) in [6, 6.07) is 9.13. The molecule has 10 heteroatoms. The fourth-order valence-corrected chi connectivity index (χ4v) is 6.24. The van der Waals surface area contributed by atoms with Crippen molar-refractivity contribution in [2.45, 2.75) is 90.1 Å². The van der Waals surface area contributed by atoms with Crippen LogP contribution < -0.4 is 10.6 Å². The van der Waals surface area contributed by atoms with Gasteiger partial charge in [-0.05, 0) is 65.8 Å². The Balaban J connectivity index is 0.000000181. The molecule has 0 bridgehead atoms. The van der Waals surface area contributed by atoms with Crippen LogP contribution in [0.25, 0.3) is 0 Å². The van der Waals surface area contributed by atoms with Crippen molar-refractivity contribution in [1.29, 1.82) is 0 Å². The van der Waals surface area contributed by atoms with Gasteiger partial charge in [0.25, 0.3) is 23.6 Å². The minimum Gasteiger partial charge on any atom is -0.329 e. The lowest BCUT2D eigenvalue weighted by atomic mass is 9.82. The Morgan fingerprint density at radius 2 is 1.13 bits per heavy atom. The zero-order valence-corrected chi connectivity index (χ0v) is 27.2. The molecule has 4 aliphatic heterocycles. The maximum Gasteiger partial charge on any atom is 0.262 e. The zero-order chi connectivity index (χ0) is 33.9. The summed E-state index contributed by atoms with van der Waals surface area (Å²) in [5.74, 6) is -2.21. The van der Waals surface area contributed by atoms with E-state index < -0.39 is 18.0 Å². The van der Waals surface area contributed by atoms with Crippen molar-refractivity contribution in [2.24, 2.45) is 0 Å². The molecule has 4 heterocycles. The van der Waals surface area contributed by atoms with E-state index in [0.29, 0.717) is 59.3 Å². The van der Waals surface area contributed by atoms with Crippen LogP contribution in [-0.2, 0) is 20.4 Å². The summed E-state index contributed by atoms with van der Waals surface area (Å²) in [6.07, 6.45) is 1.97. The van der Waals surface area contributed by atoms with Gasteiger partial charge in [0.1, 0.15) is 12.1 Å². The van der Waals surface area contributed by atoms with Crippen LogP contribution in [0.4, 0.5) is 0 Å². The summed E-state index contributed by atoms with van der Waals surface area (Å²) in [5.41, 5.74) is 4.27. The first-order valence-electron chi connectivity index (χ1n) is 15.4. The number of fused-ring (bicyclic) bond motifs is 2. The molecule has 2 aromatic rings. The molecular formula is C36H40N4O6. The highest BCUT2D eigenvalue weighted by Gasteiger charge is 2.46. The molecule has 2 aromatic carbocycles. The Morgan fingerprint density at radius 1 is 0.630 bits per heavy atom. The van der Waals surface area contributed by atoms with Crippen molar-refractivity contribution in [2.75, 3.05) is 0 Å². The summed E-state index contributed by atoms with van der Waals surface area (Å²) in [7, 11) is 0. The average molecular weight is 625 g/mol. The van der Waals surface area contributed by atoms with E-state index in [2.05, 4.69) is 23.8 Å². The number of carbonyl (C=O) groups excluding carboxylic acids is 6. The van der Waals surface area contributed by atoms with Crippen LogP contribution in [0.15, 0.2) is 61.0 Å². The maximum atomic E-state index is 12.9. The van der Waals surface area contributed by atoms with Crippen molar-refractivity contribution in [3.63, 3.8) is 0 Å². The molecule has 0 aromatic heterocycles. The predicted octanol–water partition coefficient (Wildman–Crippen LogP) is 4.74. The lowest BCUT2D eigenvalue weighted by Gasteiger charge is -2.29. The number of piperidine rings is 2. The van der Waals surface area contributed by atoms with E-state index in [0.717, 1.165) is 20.9 Å². The number of carbonyl (C=O) groups is 6. The van der Waals surface area contributed by atoms with Crippen LogP contribution in [0.3, 0.4) is 0 Å². The largest absolute Gasteiger partial charge is 0.329 e. The second kappa shape index (κ2) is 11.5. The molecule has 240 valence electrons. The summed E-state index contributed by atoms with van der Waals surface area (Å²) in [4.78, 5) is 77.5. The van der Waals surface area contributed by atoms with Gasteiger partial charge in [0.15, 0.2) is 0 Å². The Kier molecular flexibility index (Phi) is 8.13. The summed E-state index contributed by atoms with van der Waals surface area (Å²) < 4.78 is 0. The first-order chi connectivity index (χ1) is 21.4. The second-order valence-corrected chi connectivity index (χ2v) is 14.2. The molecular weight excluding hydrogens is 584 g/mol. The first kappa shape index (κ1) is 32.5. The number of hydrogen-bond donors (Lipinski definition) is 2. The Hall–Kier alpha value is -4.86. The van der Waals surface area contributed by atoms with Gasteiger partial charge in [-0.15, -0.1) is 0 Å². The topological polar surface area (TPSA) is 133 Å². The highest BCUT2D eigenvalue weighted by molar-refractivity contribution is 6.24. The van der Waals surface area contributed by atoms with Gasteiger partial charge in [0, 0.05) is 11.4 Å². The summed E-state index contributed by atoms with van der Waals surface area (Å²) in [5, 5.41) is 5.27. The molecule has 6 rings (SSSR count). The number of nitrogens with zero attached hydrogens (tertiary/aromatic N) is 2. The molecule has 2 fully saturated rings. The third kappa shape index (κ3) is 5.68. The van der Waals surface area contributed by atoms with Gasteiger partial charge in [-0.1, -0.05) is 72.9 Å². The van der Waals surface area contributed by atoms with Gasteiger partial charge < -0.3 is 10.6 Å². The summed E-state index contributed by atoms with van der Waals surface area (Å²) in [6.45, 7) is 19.6. The smallest absolute Gasteiger partial charge is 0.262 e. The highest BCUT2D eigenvalue weighted by atomic mass is 16.2. The number of allylic oxidation sites excluding steroid dienone is 2. The number of rotatable bonds is 2. The molecule has 2 saturated heterocycles. The van der Waals surface area contributed by atoms with Crippen LogP contribution in [0.1, 0.15) is 120 Å². The van der Waals surface area contributed by atoms with E-state index >= 15 is 0 Å². The van der Waals surface area contributed by atoms with Crippen molar-refractivity contribution >= 4 is 35.4 Å². The first-order valence-corrected chi connectivity index (χ1v) is 15.4. The Labute approximate surface area is 268 Å². The molecule has 2 unspecified atom stereocenters. The normalized spacial score (nSPS) is 21.5. The standard InChI is InChI=1S/2C18H20N2O3/c1-10-5-8-14(15(21)19-10)20-16(22)12-7-6-11(18(2,3)4)9-13(12)17(20)23;1-10-8-9-13(15(21)19-10)20-16(22)11-6-5-7-12(18(2,3)4)14(11)17(20)23/h6-7,9,14H,1,5,8H2,2-4H3,(H,19,21);5-7,13H,1,8-9H2,2-4H3,(H,19,21). The number of benzene rings is 2. The van der Waals surface area contributed by atoms with Gasteiger partial charge in [0.05, 0.1) is 22.3 Å². The van der Waals surface area contributed by atoms with Gasteiger partial charge >= 0.3 is 0 Å². The van der Waals surface area contributed by atoms with E-state index in [-0.39, 0.29) is 40.4 Å². The van der Waals surface area contributed by atoms with Crippen molar-refractivity contribution in [3.8, 4) is 0 Å². The quantitative estimate of drug-likeness (QED) is 0.464. The monoisotopic (exact) mass is 624 g/mol. The lowest BCUT2D eigenvalue weighted by molar-refractivity contribution is -0.126. The van der Waals surface area contributed by atoms with Crippen LogP contribution in [-0.4, -0.2) is 57.3 Å². The predicted molar refractivity (Wildman–Crippen MR) is 172 cm³/mol.